The largest absolute Gasteiger partial charge is 0.372 e. The standard InChI is InChI=1S/C21H24O/c1-21(2)16-15-19(22-21)13-14-20(17-9-5-3-6-10-17)18-11-7-4-8-12-18/h3-12,14,19H,13,15-16H2,1-2H3/t19-/m1/s1. The number of hydrogen-bond acceptors (Lipinski definition) is 1. The van der Waals surface area contributed by atoms with Crippen molar-refractivity contribution in [2.75, 3.05) is 0 Å². The first kappa shape index (κ1) is 15.1. The van der Waals surface area contributed by atoms with Crippen LogP contribution < -0.4 is 0 Å². The van der Waals surface area contributed by atoms with E-state index in [-0.39, 0.29) is 5.60 Å². The first-order chi connectivity index (χ1) is 10.6. The third-order valence-electron chi connectivity index (χ3n) is 4.31. The number of rotatable bonds is 4. The third-order valence-corrected chi connectivity index (χ3v) is 4.31. The minimum Gasteiger partial charge on any atom is -0.372 e. The molecule has 0 saturated carbocycles. The van der Waals surface area contributed by atoms with Crippen LogP contribution in [0, 0.1) is 0 Å². The lowest BCUT2D eigenvalue weighted by molar-refractivity contribution is -0.0134. The highest BCUT2D eigenvalue weighted by Gasteiger charge is 2.30. The van der Waals surface area contributed by atoms with Gasteiger partial charge in [0.1, 0.15) is 0 Å². The molecule has 1 atom stereocenters. The van der Waals surface area contributed by atoms with Gasteiger partial charge in [0.05, 0.1) is 11.7 Å². The zero-order valence-corrected chi connectivity index (χ0v) is 13.5. The summed E-state index contributed by atoms with van der Waals surface area (Å²) < 4.78 is 6.13. The highest BCUT2D eigenvalue weighted by Crippen LogP contribution is 2.32. The molecule has 1 heteroatoms. The maximum absolute atomic E-state index is 6.13. The molecule has 0 amide bonds. The summed E-state index contributed by atoms with van der Waals surface area (Å²) in [6, 6.07) is 21.2. The predicted octanol–water partition coefficient (Wildman–Crippen LogP) is 5.47. The molecule has 0 radical (unpaired) electrons. The number of benzene rings is 2. The van der Waals surface area contributed by atoms with Crippen molar-refractivity contribution in [2.24, 2.45) is 0 Å². The summed E-state index contributed by atoms with van der Waals surface area (Å²) in [7, 11) is 0. The van der Waals surface area contributed by atoms with Crippen LogP contribution in [-0.2, 0) is 4.74 Å². The summed E-state index contributed by atoms with van der Waals surface area (Å²) >= 11 is 0. The van der Waals surface area contributed by atoms with Crippen LogP contribution >= 0.6 is 0 Å². The first-order valence-electron chi connectivity index (χ1n) is 8.13. The zero-order chi connectivity index (χ0) is 15.4. The Kier molecular flexibility index (Phi) is 4.44. The Morgan fingerprint density at radius 3 is 2.00 bits per heavy atom. The van der Waals surface area contributed by atoms with Gasteiger partial charge in [0.25, 0.3) is 0 Å². The van der Waals surface area contributed by atoms with E-state index < -0.39 is 0 Å². The van der Waals surface area contributed by atoms with Crippen molar-refractivity contribution in [3.8, 4) is 0 Å². The molecule has 114 valence electrons. The molecule has 22 heavy (non-hydrogen) atoms. The lowest BCUT2D eigenvalue weighted by Crippen LogP contribution is -2.19. The van der Waals surface area contributed by atoms with Crippen molar-refractivity contribution in [2.45, 2.75) is 44.8 Å². The van der Waals surface area contributed by atoms with E-state index in [2.05, 4.69) is 80.6 Å². The highest BCUT2D eigenvalue weighted by molar-refractivity contribution is 5.79. The summed E-state index contributed by atoms with van der Waals surface area (Å²) in [5, 5.41) is 0. The van der Waals surface area contributed by atoms with Gasteiger partial charge in [-0.15, -0.1) is 0 Å². The van der Waals surface area contributed by atoms with Gasteiger partial charge in [-0.2, -0.15) is 0 Å². The minimum absolute atomic E-state index is 0.0398. The molecule has 0 bridgehead atoms. The van der Waals surface area contributed by atoms with Crippen LogP contribution in [0.15, 0.2) is 66.7 Å². The van der Waals surface area contributed by atoms with Crippen LogP contribution in [0.5, 0.6) is 0 Å². The van der Waals surface area contributed by atoms with E-state index in [1.807, 2.05) is 0 Å². The molecule has 0 aromatic heterocycles. The van der Waals surface area contributed by atoms with Gasteiger partial charge in [-0.25, -0.2) is 0 Å². The number of hydrogen-bond donors (Lipinski definition) is 0. The Balaban J connectivity index is 1.85. The van der Waals surface area contributed by atoms with Gasteiger partial charge < -0.3 is 4.74 Å². The number of ether oxygens (including phenoxy) is 1. The van der Waals surface area contributed by atoms with Crippen LogP contribution in [0.3, 0.4) is 0 Å². The predicted molar refractivity (Wildman–Crippen MR) is 92.8 cm³/mol. The Morgan fingerprint density at radius 2 is 1.55 bits per heavy atom. The molecule has 1 saturated heterocycles. The molecule has 1 heterocycles. The molecule has 1 fully saturated rings. The van der Waals surface area contributed by atoms with Crippen LogP contribution in [-0.4, -0.2) is 11.7 Å². The van der Waals surface area contributed by atoms with E-state index in [0.29, 0.717) is 6.10 Å². The molecular formula is C21H24O. The Bertz CT molecular complexity index is 584. The molecule has 2 aromatic rings. The molecular weight excluding hydrogens is 268 g/mol. The van der Waals surface area contributed by atoms with Gasteiger partial charge in [0.2, 0.25) is 0 Å². The van der Waals surface area contributed by atoms with E-state index in [9.17, 15) is 0 Å². The van der Waals surface area contributed by atoms with Gasteiger partial charge in [-0.3, -0.25) is 0 Å². The summed E-state index contributed by atoms with van der Waals surface area (Å²) in [5.74, 6) is 0. The van der Waals surface area contributed by atoms with E-state index in [1.54, 1.807) is 0 Å². The minimum atomic E-state index is 0.0398. The molecule has 1 aliphatic heterocycles. The molecule has 0 spiro atoms. The van der Waals surface area contributed by atoms with Crippen molar-refractivity contribution in [1.82, 2.24) is 0 Å². The van der Waals surface area contributed by atoms with E-state index >= 15 is 0 Å². The fourth-order valence-electron chi connectivity index (χ4n) is 3.13. The first-order valence-corrected chi connectivity index (χ1v) is 8.13. The van der Waals surface area contributed by atoms with E-state index in [4.69, 9.17) is 4.74 Å². The zero-order valence-electron chi connectivity index (χ0n) is 13.5. The maximum atomic E-state index is 6.13. The molecule has 0 unspecified atom stereocenters. The van der Waals surface area contributed by atoms with Crippen molar-refractivity contribution in [3.05, 3.63) is 77.9 Å². The second-order valence-electron chi connectivity index (χ2n) is 6.62. The second-order valence-corrected chi connectivity index (χ2v) is 6.62. The Hall–Kier alpha value is -1.86. The quantitative estimate of drug-likeness (QED) is 0.726. The summed E-state index contributed by atoms with van der Waals surface area (Å²) in [5.41, 5.74) is 3.88. The molecule has 2 aromatic carbocycles. The van der Waals surface area contributed by atoms with Gasteiger partial charge in [-0.05, 0) is 49.8 Å². The van der Waals surface area contributed by atoms with Gasteiger partial charge in [0, 0.05) is 0 Å². The summed E-state index contributed by atoms with van der Waals surface area (Å²) in [6.45, 7) is 4.37. The summed E-state index contributed by atoms with van der Waals surface area (Å²) in [4.78, 5) is 0. The molecule has 0 aliphatic carbocycles. The average Bonchev–Trinajstić information content (AvgIpc) is 2.89. The lowest BCUT2D eigenvalue weighted by Gasteiger charge is -2.19. The Morgan fingerprint density at radius 1 is 1.00 bits per heavy atom. The molecule has 1 nitrogen and oxygen atoms in total. The Labute approximate surface area is 133 Å². The van der Waals surface area contributed by atoms with Gasteiger partial charge in [-0.1, -0.05) is 66.7 Å². The van der Waals surface area contributed by atoms with Crippen molar-refractivity contribution in [1.29, 1.82) is 0 Å². The third kappa shape index (κ3) is 3.66. The fraction of sp³-hybridized carbons (Fsp3) is 0.333. The average molecular weight is 292 g/mol. The highest BCUT2D eigenvalue weighted by atomic mass is 16.5. The van der Waals surface area contributed by atoms with Crippen molar-refractivity contribution < 1.29 is 4.74 Å². The van der Waals surface area contributed by atoms with E-state index in [1.165, 1.54) is 16.7 Å². The van der Waals surface area contributed by atoms with Gasteiger partial charge >= 0.3 is 0 Å². The van der Waals surface area contributed by atoms with Crippen molar-refractivity contribution in [3.63, 3.8) is 0 Å². The fourth-order valence-corrected chi connectivity index (χ4v) is 3.13. The normalized spacial score (nSPS) is 19.8. The second kappa shape index (κ2) is 6.50. The molecule has 1 aliphatic rings. The lowest BCUT2D eigenvalue weighted by atomic mass is 9.96. The topological polar surface area (TPSA) is 9.23 Å². The van der Waals surface area contributed by atoms with Crippen LogP contribution in [0.25, 0.3) is 5.57 Å². The SMILES string of the molecule is CC1(C)CC[C@@H](CC=C(c2ccccc2)c2ccccc2)O1. The smallest absolute Gasteiger partial charge is 0.0631 e. The maximum Gasteiger partial charge on any atom is 0.0631 e. The van der Waals surface area contributed by atoms with Crippen LogP contribution in [0.1, 0.15) is 44.2 Å². The van der Waals surface area contributed by atoms with Crippen LogP contribution in [0.4, 0.5) is 0 Å². The molecule has 3 rings (SSSR count). The van der Waals surface area contributed by atoms with Crippen LogP contribution in [0.2, 0.25) is 0 Å². The van der Waals surface area contributed by atoms with Gasteiger partial charge in [0.15, 0.2) is 0 Å². The summed E-state index contributed by atoms with van der Waals surface area (Å²) in [6.07, 6.45) is 5.97. The van der Waals surface area contributed by atoms with E-state index in [0.717, 1.165) is 19.3 Å². The van der Waals surface area contributed by atoms with Crippen molar-refractivity contribution >= 4 is 5.57 Å². The monoisotopic (exact) mass is 292 g/mol. The molecule has 0 N–H and O–H groups in total.